The van der Waals surface area contributed by atoms with Crippen molar-refractivity contribution in [2.24, 2.45) is 0 Å². The van der Waals surface area contributed by atoms with Crippen LogP contribution < -0.4 is 0 Å². The number of aliphatic hydroxyl groups is 1. The largest absolute Gasteiger partial charge is 0.438 e. The Hall–Kier alpha value is -2.08. The molecule has 6 nitrogen and oxygen atoms in total. The van der Waals surface area contributed by atoms with Crippen LogP contribution in [0.4, 0.5) is 4.79 Å². The Kier molecular flexibility index (Phi) is 3.36. The summed E-state index contributed by atoms with van der Waals surface area (Å²) in [6.07, 6.45) is 2.04. The van der Waals surface area contributed by atoms with Gasteiger partial charge in [0.2, 0.25) is 0 Å². The molecule has 1 N–H and O–H groups in total. The molecule has 1 amide bonds. The summed E-state index contributed by atoms with van der Waals surface area (Å²) in [5.74, 6) is 0. The van der Waals surface area contributed by atoms with Gasteiger partial charge in [-0.25, -0.2) is 9.78 Å². The van der Waals surface area contributed by atoms with Crippen LogP contribution in [0.2, 0.25) is 0 Å². The monoisotopic (exact) mass is 303 g/mol. The first-order chi connectivity index (χ1) is 10.3. The Bertz CT molecular complexity index is 705. The lowest BCUT2D eigenvalue weighted by Gasteiger charge is -2.34. The molecular weight excluding hydrogens is 282 g/mol. The second kappa shape index (κ2) is 4.98. The number of ether oxygens (including phenoxy) is 1. The molecule has 0 aliphatic carbocycles. The molecule has 2 heterocycles. The number of aryl methyl sites for hydroxylation is 1. The van der Waals surface area contributed by atoms with Gasteiger partial charge in [-0.2, -0.15) is 0 Å². The third-order valence-corrected chi connectivity index (χ3v) is 4.54. The van der Waals surface area contributed by atoms with Gasteiger partial charge in [-0.05, 0) is 39.3 Å². The molecule has 118 valence electrons. The second-order valence-corrected chi connectivity index (χ2v) is 6.33. The van der Waals surface area contributed by atoms with Crippen molar-refractivity contribution in [2.75, 3.05) is 6.54 Å². The number of benzene rings is 1. The molecule has 1 fully saturated rings. The number of nitrogens with zero attached hydrogens (tertiary/aromatic N) is 3. The third-order valence-electron chi connectivity index (χ3n) is 4.54. The van der Waals surface area contributed by atoms with Gasteiger partial charge < -0.3 is 14.4 Å². The SMILES string of the molecule is CC1(C)OC(=O)N(CCCn2cnc3ccccc32)C1(C)O. The minimum atomic E-state index is -1.30. The maximum absolute atomic E-state index is 11.9. The van der Waals surface area contributed by atoms with Gasteiger partial charge in [0.1, 0.15) is 0 Å². The van der Waals surface area contributed by atoms with E-state index >= 15 is 0 Å². The maximum Gasteiger partial charge on any atom is 0.412 e. The van der Waals surface area contributed by atoms with Crippen LogP contribution in [-0.4, -0.2) is 43.5 Å². The average Bonchev–Trinajstić information content (AvgIpc) is 2.91. The minimum Gasteiger partial charge on any atom is -0.438 e. The summed E-state index contributed by atoms with van der Waals surface area (Å²) in [6.45, 7) is 6.20. The van der Waals surface area contributed by atoms with Gasteiger partial charge in [0, 0.05) is 13.1 Å². The van der Waals surface area contributed by atoms with E-state index in [0.717, 1.165) is 17.6 Å². The molecule has 22 heavy (non-hydrogen) atoms. The quantitative estimate of drug-likeness (QED) is 0.941. The zero-order valence-electron chi connectivity index (χ0n) is 13.1. The third kappa shape index (κ3) is 2.23. The Morgan fingerprint density at radius 2 is 1.95 bits per heavy atom. The normalized spacial score (nSPS) is 24.0. The molecule has 3 rings (SSSR count). The summed E-state index contributed by atoms with van der Waals surface area (Å²) < 4.78 is 7.30. The summed E-state index contributed by atoms with van der Waals surface area (Å²) in [6, 6.07) is 7.92. The van der Waals surface area contributed by atoms with Gasteiger partial charge in [-0.3, -0.25) is 4.90 Å². The molecular formula is C16H21N3O3. The van der Waals surface area contributed by atoms with Crippen LogP contribution in [0.3, 0.4) is 0 Å². The highest BCUT2D eigenvalue weighted by Crippen LogP contribution is 2.36. The van der Waals surface area contributed by atoms with Gasteiger partial charge in [0.25, 0.3) is 0 Å². The van der Waals surface area contributed by atoms with E-state index in [9.17, 15) is 9.90 Å². The molecule has 0 saturated carbocycles. The average molecular weight is 303 g/mol. The molecule has 1 aliphatic rings. The van der Waals surface area contributed by atoms with Gasteiger partial charge in [0.05, 0.1) is 17.4 Å². The van der Waals surface area contributed by atoms with Crippen LogP contribution >= 0.6 is 0 Å². The molecule has 0 spiro atoms. The van der Waals surface area contributed by atoms with Gasteiger partial charge in [-0.15, -0.1) is 0 Å². The molecule has 0 bridgehead atoms. The molecule has 1 aliphatic heterocycles. The van der Waals surface area contributed by atoms with E-state index in [1.54, 1.807) is 27.1 Å². The number of rotatable bonds is 4. The number of hydrogen-bond acceptors (Lipinski definition) is 4. The fourth-order valence-corrected chi connectivity index (χ4v) is 2.77. The van der Waals surface area contributed by atoms with E-state index in [1.807, 2.05) is 24.3 Å². The Balaban J connectivity index is 1.67. The van der Waals surface area contributed by atoms with Crippen molar-refractivity contribution in [3.8, 4) is 0 Å². The predicted octanol–water partition coefficient (Wildman–Crippen LogP) is 2.37. The van der Waals surface area contributed by atoms with Crippen LogP contribution in [0.1, 0.15) is 27.2 Å². The van der Waals surface area contributed by atoms with Crippen molar-refractivity contribution >= 4 is 17.1 Å². The van der Waals surface area contributed by atoms with Crippen LogP contribution in [0.15, 0.2) is 30.6 Å². The van der Waals surface area contributed by atoms with Crippen molar-refractivity contribution in [3.63, 3.8) is 0 Å². The van der Waals surface area contributed by atoms with Crippen LogP contribution in [-0.2, 0) is 11.3 Å². The lowest BCUT2D eigenvalue weighted by atomic mass is 9.96. The first-order valence-corrected chi connectivity index (χ1v) is 7.46. The Labute approximate surface area is 129 Å². The summed E-state index contributed by atoms with van der Waals surface area (Å²) >= 11 is 0. The second-order valence-electron chi connectivity index (χ2n) is 6.33. The molecule has 6 heteroatoms. The van der Waals surface area contributed by atoms with Gasteiger partial charge >= 0.3 is 6.09 Å². The zero-order valence-corrected chi connectivity index (χ0v) is 13.1. The number of hydrogen-bond donors (Lipinski definition) is 1. The van der Waals surface area contributed by atoms with Crippen molar-refractivity contribution in [1.29, 1.82) is 0 Å². The Morgan fingerprint density at radius 1 is 1.23 bits per heavy atom. The number of amides is 1. The van der Waals surface area contributed by atoms with E-state index in [0.29, 0.717) is 13.0 Å². The summed E-state index contributed by atoms with van der Waals surface area (Å²) in [4.78, 5) is 17.7. The number of imidazole rings is 1. The molecule has 1 aromatic carbocycles. The van der Waals surface area contributed by atoms with E-state index < -0.39 is 17.4 Å². The maximum atomic E-state index is 11.9. The molecule has 1 saturated heterocycles. The molecule has 1 unspecified atom stereocenters. The molecule has 1 atom stereocenters. The van der Waals surface area contributed by atoms with Gasteiger partial charge in [-0.1, -0.05) is 12.1 Å². The van der Waals surface area contributed by atoms with Gasteiger partial charge in [0.15, 0.2) is 11.3 Å². The minimum absolute atomic E-state index is 0.432. The fraction of sp³-hybridized carbons (Fsp3) is 0.500. The predicted molar refractivity (Wildman–Crippen MR) is 82.2 cm³/mol. The van der Waals surface area contributed by atoms with E-state index in [1.165, 1.54) is 4.90 Å². The summed E-state index contributed by atoms with van der Waals surface area (Å²) in [5, 5.41) is 10.5. The topological polar surface area (TPSA) is 67.6 Å². The van der Waals surface area contributed by atoms with Crippen molar-refractivity contribution in [1.82, 2.24) is 14.5 Å². The smallest absolute Gasteiger partial charge is 0.412 e. The Morgan fingerprint density at radius 3 is 2.64 bits per heavy atom. The molecule has 2 aromatic rings. The first kappa shape index (κ1) is 14.8. The van der Waals surface area contributed by atoms with E-state index in [4.69, 9.17) is 4.74 Å². The number of para-hydroxylation sites is 2. The van der Waals surface area contributed by atoms with Crippen LogP contribution in [0.5, 0.6) is 0 Å². The molecule has 0 radical (unpaired) electrons. The number of aromatic nitrogens is 2. The fourth-order valence-electron chi connectivity index (χ4n) is 2.77. The van der Waals surface area contributed by atoms with Crippen LogP contribution in [0.25, 0.3) is 11.0 Å². The first-order valence-electron chi connectivity index (χ1n) is 7.46. The lowest BCUT2D eigenvalue weighted by molar-refractivity contribution is -0.127. The number of carbonyl (C=O) groups is 1. The van der Waals surface area contributed by atoms with E-state index in [-0.39, 0.29) is 0 Å². The highest BCUT2D eigenvalue weighted by atomic mass is 16.6. The van der Waals surface area contributed by atoms with Crippen molar-refractivity contribution < 1.29 is 14.6 Å². The zero-order chi connectivity index (χ0) is 16.0. The van der Waals surface area contributed by atoms with Crippen molar-refractivity contribution in [2.45, 2.75) is 45.1 Å². The number of cyclic esters (lactones) is 1. The number of fused-ring (bicyclic) bond motifs is 1. The van der Waals surface area contributed by atoms with E-state index in [2.05, 4.69) is 9.55 Å². The summed E-state index contributed by atoms with van der Waals surface area (Å²) in [7, 11) is 0. The summed E-state index contributed by atoms with van der Waals surface area (Å²) in [5.41, 5.74) is -0.192. The number of carbonyl (C=O) groups excluding carboxylic acids is 1. The van der Waals surface area contributed by atoms with Crippen LogP contribution in [0, 0.1) is 0 Å². The lowest BCUT2D eigenvalue weighted by Crippen LogP contribution is -2.53. The van der Waals surface area contributed by atoms with Crippen molar-refractivity contribution in [3.05, 3.63) is 30.6 Å². The highest BCUT2D eigenvalue weighted by Gasteiger charge is 2.56. The molecule has 1 aromatic heterocycles. The standard InChI is InChI=1S/C16H21N3O3/c1-15(2)16(3,21)19(14(20)22-15)10-6-9-18-11-17-12-7-4-5-8-13(12)18/h4-5,7-8,11,21H,6,9-10H2,1-3H3. The highest BCUT2D eigenvalue weighted by molar-refractivity contribution is 5.75.